The lowest BCUT2D eigenvalue weighted by atomic mass is 10.0. The number of fused-ring (bicyclic) bond motifs is 1. The van der Waals surface area contributed by atoms with Crippen molar-refractivity contribution in [1.82, 2.24) is 14.9 Å². The molecule has 190 valence electrons. The van der Waals surface area contributed by atoms with Crippen LogP contribution in [0.1, 0.15) is 28.4 Å². The molecule has 1 amide bonds. The fourth-order valence-electron chi connectivity index (χ4n) is 4.04. The van der Waals surface area contributed by atoms with Gasteiger partial charge in [0.15, 0.2) is 5.88 Å². The molecule has 37 heavy (non-hydrogen) atoms. The highest BCUT2D eigenvalue weighted by molar-refractivity contribution is 6.22. The molecule has 4 rings (SSSR count). The Bertz CT molecular complexity index is 1440. The van der Waals surface area contributed by atoms with Gasteiger partial charge in [-0.25, -0.2) is 9.79 Å². The largest absolute Gasteiger partial charge is 0.494 e. The molecule has 0 fully saturated rings. The van der Waals surface area contributed by atoms with Gasteiger partial charge in [-0.1, -0.05) is 6.07 Å². The van der Waals surface area contributed by atoms with Gasteiger partial charge in [-0.3, -0.25) is 9.78 Å². The summed E-state index contributed by atoms with van der Waals surface area (Å²) in [5, 5.41) is 11.6. The number of ether oxygens (including phenoxy) is 1. The number of esters is 1. The van der Waals surface area contributed by atoms with E-state index in [0.29, 0.717) is 45.5 Å². The van der Waals surface area contributed by atoms with Gasteiger partial charge in [0.1, 0.15) is 0 Å². The first-order chi connectivity index (χ1) is 17.8. The van der Waals surface area contributed by atoms with Crippen molar-refractivity contribution < 1.29 is 19.4 Å². The summed E-state index contributed by atoms with van der Waals surface area (Å²) in [6.45, 7) is 2.86. The fourth-order valence-corrected chi connectivity index (χ4v) is 4.04. The molecule has 2 aromatic carbocycles. The number of methoxy groups -OCH3 is 1. The van der Waals surface area contributed by atoms with Crippen molar-refractivity contribution in [2.45, 2.75) is 6.92 Å². The SMILES string of the molecule is COC(=O)c1ccc2c(C(=Nc3ccc(N(CCN(C)C)C(C)=O)cc3)c3cccnc3)c(O)[nH]c2c1. The number of nitrogens with zero attached hydrogens (tertiary/aromatic N) is 4. The Morgan fingerprint density at radius 3 is 2.43 bits per heavy atom. The van der Waals surface area contributed by atoms with Crippen LogP contribution in [-0.2, 0) is 9.53 Å². The van der Waals surface area contributed by atoms with Crippen molar-refractivity contribution in [3.05, 3.63) is 83.7 Å². The first-order valence-corrected chi connectivity index (χ1v) is 11.7. The second kappa shape index (κ2) is 11.0. The highest BCUT2D eigenvalue weighted by Gasteiger charge is 2.20. The number of anilines is 1. The monoisotopic (exact) mass is 499 g/mol. The van der Waals surface area contributed by atoms with Crippen molar-refractivity contribution >= 4 is 39.9 Å². The minimum absolute atomic E-state index is 0.0378. The Balaban J connectivity index is 1.78. The van der Waals surface area contributed by atoms with Crippen LogP contribution in [0, 0.1) is 0 Å². The van der Waals surface area contributed by atoms with Crippen molar-refractivity contribution in [3.63, 3.8) is 0 Å². The van der Waals surface area contributed by atoms with Gasteiger partial charge in [-0.2, -0.15) is 0 Å². The zero-order valence-electron chi connectivity index (χ0n) is 21.2. The van der Waals surface area contributed by atoms with Gasteiger partial charge in [-0.05, 0) is 62.6 Å². The second-order valence-electron chi connectivity index (χ2n) is 8.79. The number of nitrogens with one attached hydrogen (secondary N) is 1. The predicted molar refractivity (Wildman–Crippen MR) is 144 cm³/mol. The average molecular weight is 500 g/mol. The molecule has 0 unspecified atom stereocenters. The van der Waals surface area contributed by atoms with E-state index in [4.69, 9.17) is 9.73 Å². The van der Waals surface area contributed by atoms with Gasteiger partial charge < -0.3 is 24.6 Å². The smallest absolute Gasteiger partial charge is 0.337 e. The zero-order chi connectivity index (χ0) is 26.5. The lowest BCUT2D eigenvalue weighted by Crippen LogP contribution is -2.35. The number of rotatable bonds is 8. The number of benzene rings is 2. The third-order valence-electron chi connectivity index (χ3n) is 5.92. The average Bonchev–Trinajstić information content (AvgIpc) is 3.22. The van der Waals surface area contributed by atoms with Crippen LogP contribution >= 0.6 is 0 Å². The number of hydrogen-bond donors (Lipinski definition) is 2. The number of hydrogen-bond acceptors (Lipinski definition) is 7. The Morgan fingerprint density at radius 1 is 1.05 bits per heavy atom. The lowest BCUT2D eigenvalue weighted by Gasteiger charge is -2.23. The molecule has 0 bridgehead atoms. The number of likely N-dealkylation sites (N-methyl/N-ethyl adjacent to an activating group) is 1. The van der Waals surface area contributed by atoms with Crippen molar-refractivity contribution in [1.29, 1.82) is 0 Å². The molecule has 0 aliphatic heterocycles. The molecule has 0 aliphatic rings. The summed E-state index contributed by atoms with van der Waals surface area (Å²) in [6, 6.07) is 16.1. The number of aromatic amines is 1. The maximum atomic E-state index is 12.2. The van der Waals surface area contributed by atoms with E-state index in [1.54, 1.807) is 48.5 Å². The third-order valence-corrected chi connectivity index (χ3v) is 5.92. The first-order valence-electron chi connectivity index (χ1n) is 11.7. The van der Waals surface area contributed by atoms with Crippen molar-refractivity contribution in [2.75, 3.05) is 39.2 Å². The van der Waals surface area contributed by atoms with Crippen molar-refractivity contribution in [2.24, 2.45) is 4.99 Å². The maximum absolute atomic E-state index is 12.2. The fraction of sp³-hybridized carbons (Fsp3) is 0.214. The van der Waals surface area contributed by atoms with Gasteiger partial charge in [0, 0.05) is 54.6 Å². The molecular formula is C28H29N5O4. The van der Waals surface area contributed by atoms with Gasteiger partial charge in [0.25, 0.3) is 0 Å². The Hall–Kier alpha value is -4.50. The van der Waals surface area contributed by atoms with E-state index in [-0.39, 0.29) is 11.8 Å². The molecule has 9 heteroatoms. The minimum Gasteiger partial charge on any atom is -0.494 e. The van der Waals surface area contributed by atoms with Gasteiger partial charge >= 0.3 is 5.97 Å². The summed E-state index contributed by atoms with van der Waals surface area (Å²) in [5.41, 5.74) is 4.05. The van der Waals surface area contributed by atoms with E-state index >= 15 is 0 Å². The molecule has 2 aromatic heterocycles. The predicted octanol–water partition coefficient (Wildman–Crippen LogP) is 4.14. The van der Waals surface area contributed by atoms with Gasteiger partial charge in [-0.15, -0.1) is 0 Å². The van der Waals surface area contributed by atoms with Crippen LogP contribution in [0.15, 0.2) is 72.0 Å². The normalized spacial score (nSPS) is 11.6. The molecule has 4 aromatic rings. The zero-order valence-corrected chi connectivity index (χ0v) is 21.2. The number of carbonyl (C=O) groups is 2. The number of aliphatic imine (C=N–C) groups is 1. The van der Waals surface area contributed by atoms with E-state index in [2.05, 4.69) is 9.97 Å². The highest BCUT2D eigenvalue weighted by atomic mass is 16.5. The van der Waals surface area contributed by atoms with Crippen LogP contribution in [0.2, 0.25) is 0 Å². The number of aromatic hydroxyl groups is 1. The molecule has 0 saturated carbocycles. The van der Waals surface area contributed by atoms with E-state index < -0.39 is 5.97 Å². The number of aromatic nitrogens is 2. The van der Waals surface area contributed by atoms with Crippen LogP contribution in [0.3, 0.4) is 0 Å². The Kier molecular flexibility index (Phi) is 7.64. The summed E-state index contributed by atoms with van der Waals surface area (Å²) >= 11 is 0. The van der Waals surface area contributed by atoms with E-state index in [1.807, 2.05) is 49.3 Å². The molecule has 2 N–H and O–H groups in total. The summed E-state index contributed by atoms with van der Waals surface area (Å²) in [7, 11) is 5.25. The standard InChI is InChI=1S/C28H29N5O4/c1-18(34)33(15-14-32(2)3)22-10-8-21(9-11-22)30-26(20-6-5-13-29-17-20)25-23-12-7-19(28(36)37-4)16-24(23)31-27(25)35/h5-13,16-17,31,35H,14-15H2,1-4H3. The Morgan fingerprint density at radius 2 is 1.81 bits per heavy atom. The highest BCUT2D eigenvalue weighted by Crippen LogP contribution is 2.32. The van der Waals surface area contributed by atoms with E-state index in [0.717, 1.165) is 12.2 Å². The topological polar surface area (TPSA) is 111 Å². The molecule has 9 nitrogen and oxygen atoms in total. The molecule has 0 saturated heterocycles. The van der Waals surface area contributed by atoms with Crippen LogP contribution in [-0.4, -0.2) is 71.9 Å². The molecule has 0 aliphatic carbocycles. The maximum Gasteiger partial charge on any atom is 0.337 e. The molecular weight excluding hydrogens is 470 g/mol. The summed E-state index contributed by atoms with van der Waals surface area (Å²) < 4.78 is 4.81. The van der Waals surface area contributed by atoms with Crippen LogP contribution < -0.4 is 4.90 Å². The van der Waals surface area contributed by atoms with Crippen LogP contribution in [0.4, 0.5) is 11.4 Å². The second-order valence-corrected chi connectivity index (χ2v) is 8.79. The van der Waals surface area contributed by atoms with E-state index in [9.17, 15) is 14.7 Å². The first kappa shape index (κ1) is 25.6. The summed E-state index contributed by atoms with van der Waals surface area (Å²) in [4.78, 5) is 40.0. The number of amides is 1. The molecule has 0 radical (unpaired) electrons. The number of pyridine rings is 1. The summed E-state index contributed by atoms with van der Waals surface area (Å²) in [5.74, 6) is -0.587. The quantitative estimate of drug-likeness (QED) is 0.278. The van der Waals surface area contributed by atoms with Gasteiger partial charge in [0.05, 0.1) is 29.6 Å². The van der Waals surface area contributed by atoms with Crippen molar-refractivity contribution in [3.8, 4) is 5.88 Å². The third kappa shape index (κ3) is 5.68. The molecule has 2 heterocycles. The molecule has 0 spiro atoms. The number of carbonyl (C=O) groups excluding carboxylic acids is 2. The number of H-pyrrole nitrogens is 1. The summed E-state index contributed by atoms with van der Waals surface area (Å²) in [6.07, 6.45) is 3.34. The lowest BCUT2D eigenvalue weighted by molar-refractivity contribution is -0.116. The molecule has 0 atom stereocenters. The van der Waals surface area contributed by atoms with Crippen LogP contribution in [0.25, 0.3) is 10.9 Å². The Labute approximate surface area is 215 Å². The van der Waals surface area contributed by atoms with Crippen LogP contribution in [0.5, 0.6) is 5.88 Å². The van der Waals surface area contributed by atoms with E-state index in [1.165, 1.54) is 7.11 Å². The minimum atomic E-state index is -0.469. The van der Waals surface area contributed by atoms with Gasteiger partial charge in [0.2, 0.25) is 5.91 Å².